The molecule has 0 aromatic heterocycles. The molecule has 0 heterocycles. The van der Waals surface area contributed by atoms with Gasteiger partial charge in [0.1, 0.15) is 11.5 Å². The summed E-state index contributed by atoms with van der Waals surface area (Å²) < 4.78 is 20.7. The van der Waals surface area contributed by atoms with Crippen LogP contribution in [0.4, 0.5) is 0 Å². The van der Waals surface area contributed by atoms with Gasteiger partial charge in [-0.05, 0) is 48.0 Å². The van der Waals surface area contributed by atoms with Crippen molar-refractivity contribution < 1.29 is 52.3 Å². The molecule has 8 heteroatoms. The van der Waals surface area contributed by atoms with Crippen LogP contribution in [-0.2, 0) is 43.1 Å². The molecule has 0 saturated heterocycles. The smallest absolute Gasteiger partial charge is 0.497 e. The van der Waals surface area contributed by atoms with Crippen LogP contribution in [-0.4, -0.2) is 45.2 Å². The molecule has 0 bridgehead atoms. The van der Waals surface area contributed by atoms with Gasteiger partial charge in [0, 0.05) is 47.8 Å². The number of hydrogen-bond donors (Lipinski definition) is 0. The molecule has 0 spiro atoms. The number of esters is 2. The molecule has 1 N–H and O–H groups in total. The largest absolute Gasteiger partial charge is 0.500 e. The van der Waals surface area contributed by atoms with Crippen LogP contribution in [0.2, 0.25) is 0 Å². The van der Waals surface area contributed by atoms with Crippen LogP contribution in [0.5, 0.6) is 11.5 Å². The van der Waals surface area contributed by atoms with Gasteiger partial charge < -0.3 is 23.7 Å². The van der Waals surface area contributed by atoms with Crippen LogP contribution in [0.15, 0.2) is 110 Å². The molecule has 4 aromatic carbocycles. The molecule has 1 aliphatic rings. The van der Waals surface area contributed by atoms with E-state index in [1.165, 1.54) is 30.1 Å². The van der Waals surface area contributed by atoms with Crippen molar-refractivity contribution in [2.24, 2.45) is 5.41 Å². The first-order valence-corrected chi connectivity index (χ1v) is 15.2. The fourth-order valence-electron chi connectivity index (χ4n) is 5.48. The number of carbonyl (C=O) groups excluding carboxylic acids is 2. The number of hydrogen-bond acceptors (Lipinski definition) is 5. The van der Waals surface area contributed by atoms with Gasteiger partial charge in [-0.3, -0.25) is 4.79 Å². The zero-order valence-corrected chi connectivity index (χ0v) is 28.3. The molecule has 0 fully saturated rings. The molecule has 0 saturated carbocycles. The average molecular weight is 796 g/mol. The third-order valence-corrected chi connectivity index (χ3v) is 9.96. The van der Waals surface area contributed by atoms with Crippen molar-refractivity contribution in [3.8, 4) is 11.5 Å². The Morgan fingerprint density at radius 2 is 1.34 bits per heavy atom. The molecule has 234 valence electrons. The molecule has 0 amide bonds. The zero-order valence-electron chi connectivity index (χ0n) is 25.3. The summed E-state index contributed by atoms with van der Waals surface area (Å²) >= 11 is 0. The van der Waals surface area contributed by atoms with E-state index in [1.54, 1.807) is 20.3 Å². The fraction of sp³-hybridized carbons (Fsp3) is 0.222. The van der Waals surface area contributed by atoms with Crippen LogP contribution >= 0.6 is 7.92 Å². The number of fused-ring (bicyclic) bond motifs is 1. The van der Waals surface area contributed by atoms with Gasteiger partial charge in [-0.1, -0.05) is 97.6 Å². The first-order valence-electron chi connectivity index (χ1n) is 13.8. The number of methoxy groups -OCH3 is 4. The number of allylic oxidation sites excluding steroid dienone is 1. The number of rotatable bonds is 8. The van der Waals surface area contributed by atoms with Gasteiger partial charge in [-0.2, -0.15) is 0 Å². The Balaban J connectivity index is 0.000000306. The van der Waals surface area contributed by atoms with Crippen molar-refractivity contribution >= 4 is 35.8 Å². The summed E-state index contributed by atoms with van der Waals surface area (Å²) in [4.78, 5) is 22.8. The molecular weight excluding hydrogens is 756 g/mol. The minimum atomic E-state index is -1.33. The molecule has 2 atom stereocenters. The van der Waals surface area contributed by atoms with Crippen molar-refractivity contribution in [1.29, 1.82) is 0 Å². The van der Waals surface area contributed by atoms with Gasteiger partial charge in [0.2, 0.25) is 5.41 Å². The Morgan fingerprint density at radius 3 is 1.73 bits per heavy atom. The van der Waals surface area contributed by atoms with Gasteiger partial charge in [-0.15, -0.1) is 0 Å². The summed E-state index contributed by atoms with van der Waals surface area (Å²) in [6, 6.07) is 35.9. The van der Waals surface area contributed by atoms with Crippen LogP contribution < -0.4 is 25.4 Å². The Hall–Kier alpha value is -3.67. The van der Waals surface area contributed by atoms with Crippen molar-refractivity contribution in [2.75, 3.05) is 28.4 Å². The predicted octanol–water partition coefficient (Wildman–Crippen LogP) is 5.72. The van der Waals surface area contributed by atoms with Gasteiger partial charge in [0.25, 0.3) is 0 Å². The van der Waals surface area contributed by atoms with E-state index in [1.807, 2.05) is 6.07 Å². The Labute approximate surface area is 278 Å². The maximum Gasteiger partial charge on any atom is 0.500 e. The van der Waals surface area contributed by atoms with Gasteiger partial charge >= 0.3 is 11.9 Å². The fourth-order valence-corrected chi connectivity index (χ4v) is 7.79. The van der Waals surface area contributed by atoms with Crippen molar-refractivity contribution in [3.63, 3.8) is 0 Å². The second kappa shape index (κ2) is 16.4. The Kier molecular flexibility index (Phi) is 13.0. The van der Waals surface area contributed by atoms with E-state index in [9.17, 15) is 9.59 Å². The second-order valence-corrected chi connectivity index (χ2v) is 12.2. The summed E-state index contributed by atoms with van der Waals surface area (Å²) in [7, 11) is 5.26. The minimum Gasteiger partial charge on any atom is -0.497 e. The van der Waals surface area contributed by atoms with Gasteiger partial charge in [0.05, 0.1) is 21.3 Å². The summed E-state index contributed by atoms with van der Waals surface area (Å²) in [5.41, 5.74) is 0.327. The quantitative estimate of drug-likeness (QED) is 0.0751. The number of ether oxygens (including phenoxy) is 4. The Morgan fingerprint density at radius 1 is 0.841 bits per heavy atom. The third kappa shape index (κ3) is 7.51. The molecule has 1 aliphatic carbocycles. The Bertz CT molecular complexity index is 1430. The van der Waals surface area contributed by atoms with E-state index in [4.69, 9.17) is 18.9 Å². The molecule has 6 nitrogen and oxygen atoms in total. The standard InChI is InChI=1S/C18H21O6.C18H15P.Au.H2/c1-6-11-9-18(16(19)23-4,17(20)24-5)10-12-7-13(21-2)8-14(22-3)15(11)12;1-4-10-16(11-5-1)19(17-12-6-2-7-13-17)18-14-8-3-9-15-18;;/h7-8,11H,1,9-10H2,2-5H3;1-15H;;1H/p+1. The summed E-state index contributed by atoms with van der Waals surface area (Å²) in [5.74, 6) is -0.0885. The normalized spacial score (nSPS) is 16.6. The van der Waals surface area contributed by atoms with Crippen molar-refractivity contribution in [3.05, 3.63) is 127 Å². The van der Waals surface area contributed by atoms with Crippen molar-refractivity contribution in [2.45, 2.75) is 18.8 Å². The van der Waals surface area contributed by atoms with Crippen LogP contribution in [0.1, 0.15) is 24.9 Å². The topological polar surface area (TPSA) is 75.4 Å². The van der Waals surface area contributed by atoms with E-state index in [0.717, 1.165) is 11.1 Å². The maximum atomic E-state index is 12.5. The third-order valence-electron chi connectivity index (χ3n) is 7.52. The SMILES string of the molecule is C=[C]C1CC(C(=O)OC)(C(=[OH+])OC)Cc2cc(OC)cc(OC)c21.[Au].[HH].c1ccc(P(c2ccccc2)c2ccccc2)cc1. The first kappa shape index (κ1) is 34.8. The van der Waals surface area contributed by atoms with Crippen molar-refractivity contribution in [1.82, 2.24) is 0 Å². The molecule has 44 heavy (non-hydrogen) atoms. The van der Waals surface area contributed by atoms with E-state index in [-0.39, 0.29) is 48.5 Å². The zero-order chi connectivity index (χ0) is 30.8. The van der Waals surface area contributed by atoms with E-state index < -0.39 is 19.3 Å². The van der Waals surface area contributed by atoms with E-state index in [0.29, 0.717) is 11.5 Å². The summed E-state index contributed by atoms with van der Waals surface area (Å²) in [6.07, 6.45) is 3.34. The van der Waals surface area contributed by atoms with Gasteiger partial charge in [0.15, 0.2) is 7.11 Å². The molecule has 0 aliphatic heterocycles. The van der Waals surface area contributed by atoms with Gasteiger partial charge in [-0.25, -0.2) is 0 Å². The number of benzene rings is 4. The van der Waals surface area contributed by atoms with Crippen LogP contribution in [0.25, 0.3) is 0 Å². The monoisotopic (exact) mass is 795 g/mol. The molecule has 2 radical (unpaired) electrons. The second-order valence-electron chi connectivity index (χ2n) is 9.97. The maximum absolute atomic E-state index is 12.5. The van der Waals surface area contributed by atoms with E-state index >= 15 is 0 Å². The first-order chi connectivity index (χ1) is 20.9. The van der Waals surface area contributed by atoms with Crippen LogP contribution in [0, 0.1) is 11.5 Å². The predicted molar refractivity (Wildman–Crippen MR) is 175 cm³/mol. The molecule has 4 aromatic rings. The summed E-state index contributed by atoms with van der Waals surface area (Å²) in [6.45, 7) is 3.74. The summed E-state index contributed by atoms with van der Waals surface area (Å²) in [5, 5.41) is 4.19. The molecule has 2 unspecified atom stereocenters. The van der Waals surface area contributed by atoms with E-state index in [2.05, 4.69) is 104 Å². The number of carbonyl (C=O) groups is 1. The molecule has 5 rings (SSSR count). The minimum absolute atomic E-state index is 0. The average Bonchev–Trinajstić information content (AvgIpc) is 3.08. The molecular formula is C36H39AuO6P+. The van der Waals surface area contributed by atoms with Crippen LogP contribution in [0.3, 0.4) is 0 Å².